The maximum atomic E-state index is 5.06. The summed E-state index contributed by atoms with van der Waals surface area (Å²) in [6.45, 7) is 6.64. The topological polar surface area (TPSA) is 37.4 Å². The molecule has 1 heterocycles. The second kappa shape index (κ2) is 7.25. The highest BCUT2D eigenvalue weighted by Crippen LogP contribution is 2.09. The first-order valence-corrected chi connectivity index (χ1v) is 6.03. The molecule has 0 aromatic carbocycles. The number of ether oxygens (including phenoxy) is 1. The van der Waals surface area contributed by atoms with Crippen LogP contribution in [-0.4, -0.2) is 38.3 Å². The Labute approximate surface area is 104 Å². The number of hydrogen-bond donors (Lipinski definition) is 1. The zero-order valence-electron chi connectivity index (χ0n) is 11.2. The second-order valence-corrected chi connectivity index (χ2v) is 4.44. The highest BCUT2D eigenvalue weighted by atomic mass is 16.5. The van der Waals surface area contributed by atoms with E-state index in [0.29, 0.717) is 12.6 Å². The molecule has 4 nitrogen and oxygen atoms in total. The molecule has 17 heavy (non-hydrogen) atoms. The van der Waals surface area contributed by atoms with E-state index in [1.54, 1.807) is 7.11 Å². The van der Waals surface area contributed by atoms with Crippen molar-refractivity contribution < 1.29 is 4.74 Å². The SMILES string of the molecule is COCCN(C)c1cccc(CNC(C)C)n1. The van der Waals surface area contributed by atoms with Crippen molar-refractivity contribution in [3.8, 4) is 0 Å². The molecular formula is C13H23N3O. The molecule has 1 aromatic rings. The highest BCUT2D eigenvalue weighted by Gasteiger charge is 2.03. The van der Waals surface area contributed by atoms with E-state index in [1.165, 1.54) is 0 Å². The zero-order chi connectivity index (χ0) is 12.7. The van der Waals surface area contributed by atoms with Gasteiger partial charge < -0.3 is 15.0 Å². The van der Waals surface area contributed by atoms with Gasteiger partial charge in [0, 0.05) is 33.3 Å². The van der Waals surface area contributed by atoms with Crippen LogP contribution in [0.3, 0.4) is 0 Å². The van der Waals surface area contributed by atoms with Crippen molar-refractivity contribution in [2.45, 2.75) is 26.4 Å². The molecular weight excluding hydrogens is 214 g/mol. The number of nitrogens with one attached hydrogen (secondary N) is 1. The van der Waals surface area contributed by atoms with Gasteiger partial charge in [-0.15, -0.1) is 0 Å². The molecule has 0 aliphatic heterocycles. The molecule has 0 aliphatic rings. The van der Waals surface area contributed by atoms with Crippen LogP contribution in [0.2, 0.25) is 0 Å². The van der Waals surface area contributed by atoms with E-state index < -0.39 is 0 Å². The van der Waals surface area contributed by atoms with Crippen LogP contribution in [0.5, 0.6) is 0 Å². The molecule has 0 atom stereocenters. The van der Waals surface area contributed by atoms with Gasteiger partial charge in [-0.05, 0) is 12.1 Å². The van der Waals surface area contributed by atoms with Gasteiger partial charge in [-0.1, -0.05) is 19.9 Å². The molecule has 0 bridgehead atoms. The van der Waals surface area contributed by atoms with Crippen LogP contribution < -0.4 is 10.2 Å². The van der Waals surface area contributed by atoms with E-state index in [1.807, 2.05) is 25.2 Å². The number of aromatic nitrogens is 1. The van der Waals surface area contributed by atoms with Crippen LogP contribution in [0.25, 0.3) is 0 Å². The van der Waals surface area contributed by atoms with Crippen molar-refractivity contribution in [3.05, 3.63) is 23.9 Å². The molecule has 0 saturated heterocycles. The summed E-state index contributed by atoms with van der Waals surface area (Å²) in [5.74, 6) is 0.991. The molecule has 1 N–H and O–H groups in total. The fraction of sp³-hybridized carbons (Fsp3) is 0.615. The van der Waals surface area contributed by atoms with Crippen molar-refractivity contribution in [2.75, 3.05) is 32.2 Å². The van der Waals surface area contributed by atoms with Crippen molar-refractivity contribution in [2.24, 2.45) is 0 Å². The first-order valence-electron chi connectivity index (χ1n) is 6.03. The van der Waals surface area contributed by atoms with Gasteiger partial charge in [0.1, 0.15) is 5.82 Å². The maximum Gasteiger partial charge on any atom is 0.128 e. The smallest absolute Gasteiger partial charge is 0.128 e. The Bertz CT molecular complexity index is 328. The molecule has 0 saturated carbocycles. The summed E-state index contributed by atoms with van der Waals surface area (Å²) in [5.41, 5.74) is 1.07. The number of methoxy groups -OCH3 is 1. The number of anilines is 1. The van der Waals surface area contributed by atoms with E-state index in [0.717, 1.165) is 24.6 Å². The molecule has 4 heteroatoms. The summed E-state index contributed by atoms with van der Waals surface area (Å²) in [7, 11) is 3.74. The van der Waals surface area contributed by atoms with E-state index in [4.69, 9.17) is 4.74 Å². The average Bonchev–Trinajstić information content (AvgIpc) is 2.33. The van der Waals surface area contributed by atoms with Gasteiger partial charge in [-0.2, -0.15) is 0 Å². The molecule has 0 aliphatic carbocycles. The maximum absolute atomic E-state index is 5.06. The molecule has 1 rings (SSSR count). The number of nitrogens with zero attached hydrogens (tertiary/aromatic N) is 2. The predicted octanol–water partition coefficient (Wildman–Crippen LogP) is 1.66. The quantitative estimate of drug-likeness (QED) is 0.782. The first kappa shape index (κ1) is 13.9. The zero-order valence-corrected chi connectivity index (χ0v) is 11.2. The highest BCUT2D eigenvalue weighted by molar-refractivity contribution is 5.38. The van der Waals surface area contributed by atoms with Gasteiger partial charge in [0.15, 0.2) is 0 Å². The third-order valence-corrected chi connectivity index (χ3v) is 2.51. The number of pyridine rings is 1. The largest absolute Gasteiger partial charge is 0.383 e. The Kier molecular flexibility index (Phi) is 5.94. The lowest BCUT2D eigenvalue weighted by atomic mass is 10.3. The Morgan fingerprint density at radius 1 is 1.41 bits per heavy atom. The molecule has 96 valence electrons. The summed E-state index contributed by atoms with van der Waals surface area (Å²) in [5, 5.41) is 3.37. The fourth-order valence-corrected chi connectivity index (χ4v) is 1.43. The summed E-state index contributed by atoms with van der Waals surface area (Å²) in [6.07, 6.45) is 0. The van der Waals surface area contributed by atoms with Crippen LogP contribution in [0, 0.1) is 0 Å². The van der Waals surface area contributed by atoms with Crippen molar-refractivity contribution in [3.63, 3.8) is 0 Å². The van der Waals surface area contributed by atoms with Crippen LogP contribution in [0.15, 0.2) is 18.2 Å². The number of rotatable bonds is 7. The molecule has 0 fully saturated rings. The van der Waals surface area contributed by atoms with Gasteiger partial charge in [0.2, 0.25) is 0 Å². The van der Waals surface area contributed by atoms with E-state index in [2.05, 4.69) is 29.0 Å². The van der Waals surface area contributed by atoms with Crippen LogP contribution in [0.1, 0.15) is 19.5 Å². The van der Waals surface area contributed by atoms with Gasteiger partial charge in [0.05, 0.1) is 12.3 Å². The Morgan fingerprint density at radius 2 is 2.18 bits per heavy atom. The van der Waals surface area contributed by atoms with Gasteiger partial charge in [0.25, 0.3) is 0 Å². The molecule has 0 radical (unpaired) electrons. The fourth-order valence-electron chi connectivity index (χ4n) is 1.43. The van der Waals surface area contributed by atoms with E-state index in [9.17, 15) is 0 Å². The lowest BCUT2D eigenvalue weighted by molar-refractivity contribution is 0.206. The third kappa shape index (κ3) is 5.15. The minimum atomic E-state index is 0.478. The minimum absolute atomic E-state index is 0.478. The van der Waals surface area contributed by atoms with Gasteiger partial charge in [-0.25, -0.2) is 4.98 Å². The summed E-state index contributed by atoms with van der Waals surface area (Å²) < 4.78 is 5.06. The van der Waals surface area contributed by atoms with Crippen LogP contribution in [0.4, 0.5) is 5.82 Å². The lowest BCUT2D eigenvalue weighted by Gasteiger charge is -2.18. The monoisotopic (exact) mass is 237 g/mol. The van der Waals surface area contributed by atoms with Crippen molar-refractivity contribution in [1.29, 1.82) is 0 Å². The summed E-state index contributed by atoms with van der Waals surface area (Å²) in [6, 6.07) is 6.59. The summed E-state index contributed by atoms with van der Waals surface area (Å²) in [4.78, 5) is 6.70. The standard InChI is InChI=1S/C13H23N3O/c1-11(2)14-10-12-6-5-7-13(15-12)16(3)8-9-17-4/h5-7,11,14H,8-10H2,1-4H3. The van der Waals surface area contributed by atoms with Gasteiger partial charge in [-0.3, -0.25) is 0 Å². The Morgan fingerprint density at radius 3 is 2.82 bits per heavy atom. The molecule has 0 unspecified atom stereocenters. The number of likely N-dealkylation sites (N-methyl/N-ethyl adjacent to an activating group) is 1. The van der Waals surface area contributed by atoms with Crippen molar-refractivity contribution in [1.82, 2.24) is 10.3 Å². The lowest BCUT2D eigenvalue weighted by Crippen LogP contribution is -2.25. The molecule has 1 aromatic heterocycles. The third-order valence-electron chi connectivity index (χ3n) is 2.51. The van der Waals surface area contributed by atoms with Crippen LogP contribution >= 0.6 is 0 Å². The number of hydrogen-bond acceptors (Lipinski definition) is 4. The van der Waals surface area contributed by atoms with E-state index >= 15 is 0 Å². The normalized spacial score (nSPS) is 10.9. The first-order chi connectivity index (χ1) is 8.13. The Balaban J connectivity index is 2.58. The second-order valence-electron chi connectivity index (χ2n) is 4.44. The molecule has 0 spiro atoms. The van der Waals surface area contributed by atoms with Gasteiger partial charge >= 0.3 is 0 Å². The average molecular weight is 237 g/mol. The van der Waals surface area contributed by atoms with Crippen molar-refractivity contribution >= 4 is 5.82 Å². The summed E-state index contributed by atoms with van der Waals surface area (Å²) >= 11 is 0. The molecule has 0 amide bonds. The Hall–Kier alpha value is -1.13. The van der Waals surface area contributed by atoms with Crippen LogP contribution in [-0.2, 0) is 11.3 Å². The predicted molar refractivity (Wildman–Crippen MR) is 71.4 cm³/mol. The van der Waals surface area contributed by atoms with E-state index in [-0.39, 0.29) is 0 Å². The minimum Gasteiger partial charge on any atom is -0.383 e.